The molecule has 0 saturated heterocycles. The summed E-state index contributed by atoms with van der Waals surface area (Å²) in [6.45, 7) is 0.0361. The van der Waals surface area contributed by atoms with Gasteiger partial charge >= 0.3 is 5.97 Å². The third kappa shape index (κ3) is 5.03. The maximum Gasteiger partial charge on any atom is 0.338 e. The van der Waals surface area contributed by atoms with Crippen molar-refractivity contribution in [2.24, 2.45) is 0 Å². The average Bonchev–Trinajstić information content (AvgIpc) is 3.24. The van der Waals surface area contributed by atoms with E-state index >= 15 is 0 Å². The van der Waals surface area contributed by atoms with E-state index in [0.717, 1.165) is 37.1 Å². The Balaban J connectivity index is 1.66. The molecule has 0 aliphatic heterocycles. The van der Waals surface area contributed by atoms with Crippen LogP contribution in [0.3, 0.4) is 0 Å². The first-order valence-corrected chi connectivity index (χ1v) is 9.51. The summed E-state index contributed by atoms with van der Waals surface area (Å²) in [4.78, 5) is 28.8. The molecule has 0 bridgehead atoms. The fourth-order valence-corrected chi connectivity index (χ4v) is 3.17. The van der Waals surface area contributed by atoms with Crippen molar-refractivity contribution in [2.45, 2.75) is 32.2 Å². The first-order valence-electron chi connectivity index (χ1n) is 9.51. The number of benzene rings is 1. The standard InChI is InChI=1S/C22H26N2O4/c1-23(2)19-11-6-8-17(14-19)22(26)28-16-21(25)24(15-20-12-7-13-27-20)18-9-4-3-5-10-18/h6-9,11-14H,3-5,10,15-16H2,1-2H3. The van der Waals surface area contributed by atoms with E-state index in [2.05, 4.69) is 6.08 Å². The third-order valence-corrected chi connectivity index (χ3v) is 4.73. The van der Waals surface area contributed by atoms with Crippen LogP contribution in [-0.4, -0.2) is 37.5 Å². The minimum atomic E-state index is -0.507. The summed E-state index contributed by atoms with van der Waals surface area (Å²) >= 11 is 0. The molecule has 6 nitrogen and oxygen atoms in total. The quantitative estimate of drug-likeness (QED) is 0.678. The fourth-order valence-electron chi connectivity index (χ4n) is 3.17. The molecule has 0 spiro atoms. The minimum absolute atomic E-state index is 0.248. The van der Waals surface area contributed by atoms with Gasteiger partial charge in [0.1, 0.15) is 5.76 Å². The zero-order chi connectivity index (χ0) is 19.9. The second-order valence-electron chi connectivity index (χ2n) is 7.02. The second-order valence-corrected chi connectivity index (χ2v) is 7.02. The van der Waals surface area contributed by atoms with Crippen molar-refractivity contribution in [3.63, 3.8) is 0 Å². The predicted octanol–water partition coefficient (Wildman–Crippen LogP) is 3.99. The van der Waals surface area contributed by atoms with Crippen molar-refractivity contribution in [3.8, 4) is 0 Å². The van der Waals surface area contributed by atoms with Gasteiger partial charge in [0.05, 0.1) is 18.4 Å². The van der Waals surface area contributed by atoms with Gasteiger partial charge in [-0.15, -0.1) is 0 Å². The number of rotatable bonds is 7. The van der Waals surface area contributed by atoms with Gasteiger partial charge in [-0.1, -0.05) is 12.1 Å². The number of anilines is 1. The number of hydrogen-bond donors (Lipinski definition) is 0. The summed E-state index contributed by atoms with van der Waals surface area (Å²) in [5.41, 5.74) is 2.29. The largest absolute Gasteiger partial charge is 0.467 e. The lowest BCUT2D eigenvalue weighted by Crippen LogP contribution is -2.34. The molecule has 0 unspecified atom stereocenters. The number of ether oxygens (including phenoxy) is 1. The number of carbonyl (C=O) groups excluding carboxylic acids is 2. The van der Waals surface area contributed by atoms with Crippen molar-refractivity contribution < 1.29 is 18.7 Å². The lowest BCUT2D eigenvalue weighted by atomic mass is 10.0. The van der Waals surface area contributed by atoms with Crippen LogP contribution in [0, 0.1) is 0 Å². The Bertz CT molecular complexity index is 840. The van der Waals surface area contributed by atoms with Gasteiger partial charge in [-0.05, 0) is 56.0 Å². The molecule has 1 heterocycles. The van der Waals surface area contributed by atoms with Gasteiger partial charge in [-0.25, -0.2) is 4.79 Å². The van der Waals surface area contributed by atoms with Crippen molar-refractivity contribution in [1.29, 1.82) is 0 Å². The first-order chi connectivity index (χ1) is 13.5. The molecule has 2 aromatic rings. The number of furan rings is 1. The van der Waals surface area contributed by atoms with Crippen LogP contribution >= 0.6 is 0 Å². The Labute approximate surface area is 165 Å². The molecule has 1 amide bonds. The summed E-state index contributed by atoms with van der Waals surface area (Å²) in [6, 6.07) is 10.8. The van der Waals surface area contributed by atoms with Crippen LogP contribution in [-0.2, 0) is 16.1 Å². The minimum Gasteiger partial charge on any atom is -0.467 e. The van der Waals surface area contributed by atoms with Crippen molar-refractivity contribution in [2.75, 3.05) is 25.6 Å². The molecule has 0 atom stereocenters. The molecule has 6 heteroatoms. The molecule has 3 rings (SSSR count). The van der Waals surface area contributed by atoms with Gasteiger partial charge in [0.25, 0.3) is 5.91 Å². The van der Waals surface area contributed by atoms with Gasteiger partial charge in [-0.2, -0.15) is 0 Å². The van der Waals surface area contributed by atoms with Crippen molar-refractivity contribution >= 4 is 17.6 Å². The molecule has 0 N–H and O–H groups in total. The molecule has 28 heavy (non-hydrogen) atoms. The van der Waals surface area contributed by atoms with Gasteiger partial charge in [0, 0.05) is 25.5 Å². The number of esters is 1. The van der Waals surface area contributed by atoms with Crippen LogP contribution in [0.25, 0.3) is 0 Å². The highest BCUT2D eigenvalue weighted by atomic mass is 16.5. The summed E-state index contributed by atoms with van der Waals surface area (Å²) < 4.78 is 10.7. The number of allylic oxidation sites excluding steroid dienone is 2. The van der Waals surface area contributed by atoms with E-state index in [1.807, 2.05) is 31.1 Å². The van der Waals surface area contributed by atoms with Crippen LogP contribution in [0.2, 0.25) is 0 Å². The topological polar surface area (TPSA) is 63.0 Å². The Morgan fingerprint density at radius 1 is 1.14 bits per heavy atom. The molecule has 0 radical (unpaired) electrons. The van der Waals surface area contributed by atoms with Gasteiger partial charge in [0.2, 0.25) is 0 Å². The van der Waals surface area contributed by atoms with Gasteiger partial charge in [-0.3, -0.25) is 4.79 Å². The highest BCUT2D eigenvalue weighted by Gasteiger charge is 2.22. The molecular formula is C22H26N2O4. The average molecular weight is 382 g/mol. The molecule has 0 saturated carbocycles. The molecule has 148 valence electrons. The Kier molecular flexibility index (Phi) is 6.53. The Hall–Kier alpha value is -3.02. The van der Waals surface area contributed by atoms with Crippen LogP contribution in [0.5, 0.6) is 0 Å². The van der Waals surface area contributed by atoms with E-state index in [1.165, 1.54) is 0 Å². The maximum absolute atomic E-state index is 12.8. The molecule has 0 fully saturated rings. The number of nitrogens with zero attached hydrogens (tertiary/aromatic N) is 2. The van der Waals surface area contributed by atoms with E-state index in [0.29, 0.717) is 17.9 Å². The van der Waals surface area contributed by atoms with E-state index in [9.17, 15) is 9.59 Å². The Morgan fingerprint density at radius 2 is 2.00 bits per heavy atom. The van der Waals surface area contributed by atoms with E-state index in [-0.39, 0.29) is 12.5 Å². The van der Waals surface area contributed by atoms with Crippen molar-refractivity contribution in [3.05, 3.63) is 65.8 Å². The zero-order valence-corrected chi connectivity index (χ0v) is 16.4. The first kappa shape index (κ1) is 19.7. The second kappa shape index (κ2) is 9.26. The lowest BCUT2D eigenvalue weighted by molar-refractivity contribution is -0.133. The van der Waals surface area contributed by atoms with E-state index in [4.69, 9.17) is 9.15 Å². The van der Waals surface area contributed by atoms with Gasteiger partial charge in [0.15, 0.2) is 6.61 Å². The summed E-state index contributed by atoms with van der Waals surface area (Å²) in [6.07, 6.45) is 7.64. The normalized spacial score (nSPS) is 13.6. The zero-order valence-electron chi connectivity index (χ0n) is 16.4. The van der Waals surface area contributed by atoms with E-state index in [1.54, 1.807) is 35.4 Å². The summed E-state index contributed by atoms with van der Waals surface area (Å²) in [7, 11) is 3.80. The van der Waals surface area contributed by atoms with Crippen LogP contribution in [0.4, 0.5) is 5.69 Å². The van der Waals surface area contributed by atoms with Crippen molar-refractivity contribution in [1.82, 2.24) is 4.90 Å². The number of amides is 1. The Morgan fingerprint density at radius 3 is 2.68 bits per heavy atom. The highest BCUT2D eigenvalue weighted by molar-refractivity contribution is 5.92. The number of hydrogen-bond acceptors (Lipinski definition) is 5. The lowest BCUT2D eigenvalue weighted by Gasteiger charge is -2.27. The third-order valence-electron chi connectivity index (χ3n) is 4.73. The highest BCUT2D eigenvalue weighted by Crippen LogP contribution is 2.23. The SMILES string of the molecule is CN(C)c1cccc(C(=O)OCC(=O)N(Cc2ccco2)C2=CCCCC2)c1. The number of carbonyl (C=O) groups is 2. The summed E-state index contributed by atoms with van der Waals surface area (Å²) in [5.74, 6) is -0.0564. The molecule has 1 aliphatic rings. The molecular weight excluding hydrogens is 356 g/mol. The van der Waals surface area contributed by atoms with E-state index < -0.39 is 5.97 Å². The van der Waals surface area contributed by atoms with Gasteiger partial charge < -0.3 is 19.0 Å². The smallest absolute Gasteiger partial charge is 0.338 e. The monoisotopic (exact) mass is 382 g/mol. The van der Waals surface area contributed by atoms with Crippen LogP contribution in [0.1, 0.15) is 41.8 Å². The van der Waals surface area contributed by atoms with Crippen LogP contribution < -0.4 is 4.90 Å². The summed E-state index contributed by atoms with van der Waals surface area (Å²) in [5, 5.41) is 0. The fraction of sp³-hybridized carbons (Fsp3) is 0.364. The maximum atomic E-state index is 12.8. The molecule has 1 aromatic carbocycles. The predicted molar refractivity (Wildman–Crippen MR) is 107 cm³/mol. The van der Waals surface area contributed by atoms with Crippen LogP contribution in [0.15, 0.2) is 58.9 Å². The molecule has 1 aliphatic carbocycles. The molecule has 1 aromatic heterocycles.